The molecule has 8 rings (SSSR count). The zero-order valence-corrected chi connectivity index (χ0v) is 22.9. The second kappa shape index (κ2) is 6.95. The highest BCUT2D eigenvalue weighted by atomic mass is 16.5. The molecule has 8 aromatic rings. The number of hydrogen-bond donors (Lipinski definition) is 0. The van der Waals surface area contributed by atoms with Gasteiger partial charge in [-0.3, -0.25) is 9.59 Å². The number of aryl methyl sites for hydroxylation is 3. The van der Waals surface area contributed by atoms with Gasteiger partial charge in [0.2, 0.25) is 0 Å². The van der Waals surface area contributed by atoms with Crippen LogP contribution in [0.1, 0.15) is 37.5 Å². The average Bonchev–Trinajstić information content (AvgIpc) is 3.35. The molecule has 0 aliphatic carbocycles. The third-order valence-corrected chi connectivity index (χ3v) is 8.50. The van der Waals surface area contributed by atoms with Crippen LogP contribution in [0.2, 0.25) is 0 Å². The third-order valence-electron chi connectivity index (χ3n) is 8.50. The van der Waals surface area contributed by atoms with Gasteiger partial charge in [-0.05, 0) is 114 Å². The predicted molar refractivity (Wildman–Crippen MR) is 163 cm³/mol. The first-order chi connectivity index (χ1) is 18.6. The minimum atomic E-state index is -0.434. The summed E-state index contributed by atoms with van der Waals surface area (Å²) in [7, 11) is 0. The Morgan fingerprint density at radius 3 is 1.74 bits per heavy atom. The van der Waals surface area contributed by atoms with Crippen LogP contribution < -0.4 is 15.9 Å². The van der Waals surface area contributed by atoms with Gasteiger partial charge < -0.3 is 4.74 Å². The van der Waals surface area contributed by atoms with E-state index in [9.17, 15) is 9.59 Å². The Hall–Kier alpha value is -4.44. The first kappa shape index (κ1) is 22.5. The lowest BCUT2D eigenvalue weighted by atomic mass is 9.93. The lowest BCUT2D eigenvalue weighted by molar-refractivity contribution is 0.133. The molecule has 0 bridgehead atoms. The maximum atomic E-state index is 14.4. The molecule has 0 amide bonds. The summed E-state index contributed by atoms with van der Waals surface area (Å²) in [6.45, 7) is 12.1. The van der Waals surface area contributed by atoms with E-state index in [0.717, 1.165) is 60.1 Å². The predicted octanol–water partition coefficient (Wildman–Crippen LogP) is 7.97. The molecule has 0 atom stereocenters. The standard InChI is InChI=1S/C35H27NO3/c1-16-8-7-9-17(2)32(16)36-33(37)30-22-14-18(3)20-12-10-19-11-13-21-24(39-35(4,5)6)15-23(31(30)34(36)38)29-27(21)25(19)26(20)28(22)29/h7-15H,1-6H3. The van der Waals surface area contributed by atoms with Crippen LogP contribution in [0.4, 0.5) is 0 Å². The first-order valence-corrected chi connectivity index (χ1v) is 13.5. The second-order valence-corrected chi connectivity index (χ2v) is 12.1. The summed E-state index contributed by atoms with van der Waals surface area (Å²) in [6.07, 6.45) is 0. The Morgan fingerprint density at radius 2 is 1.13 bits per heavy atom. The molecule has 1 aromatic heterocycles. The van der Waals surface area contributed by atoms with Gasteiger partial charge in [0.05, 0.1) is 16.5 Å². The molecule has 0 aliphatic heterocycles. The molecule has 0 saturated heterocycles. The van der Waals surface area contributed by atoms with Crippen LogP contribution in [0.5, 0.6) is 5.75 Å². The number of ether oxygens (including phenoxy) is 1. The molecular weight excluding hydrogens is 482 g/mol. The number of hydrogen-bond acceptors (Lipinski definition) is 3. The molecular formula is C35H27NO3. The Labute approximate surface area is 224 Å². The number of aromatic nitrogens is 1. The molecule has 7 aromatic carbocycles. The molecule has 4 nitrogen and oxygen atoms in total. The lowest BCUT2D eigenvalue weighted by Crippen LogP contribution is -2.25. The number of rotatable bonds is 2. The number of para-hydroxylation sites is 1. The smallest absolute Gasteiger partial charge is 0.266 e. The van der Waals surface area contributed by atoms with Crippen molar-refractivity contribution in [1.82, 2.24) is 4.57 Å². The highest BCUT2D eigenvalue weighted by Gasteiger charge is 2.30. The van der Waals surface area contributed by atoms with Gasteiger partial charge in [-0.2, -0.15) is 0 Å². The minimum Gasteiger partial charge on any atom is -0.487 e. The van der Waals surface area contributed by atoms with Gasteiger partial charge in [-0.1, -0.05) is 36.4 Å². The van der Waals surface area contributed by atoms with E-state index in [4.69, 9.17) is 4.74 Å². The van der Waals surface area contributed by atoms with E-state index in [-0.39, 0.29) is 11.1 Å². The van der Waals surface area contributed by atoms with Crippen LogP contribution in [0.15, 0.2) is 64.2 Å². The molecule has 0 saturated carbocycles. The highest BCUT2D eigenvalue weighted by molar-refractivity contribution is 6.48. The van der Waals surface area contributed by atoms with Crippen molar-refractivity contribution in [3.63, 3.8) is 0 Å². The van der Waals surface area contributed by atoms with Gasteiger partial charge in [0.1, 0.15) is 11.4 Å². The summed E-state index contributed by atoms with van der Waals surface area (Å²) in [5.41, 5.74) is 2.62. The van der Waals surface area contributed by atoms with E-state index < -0.39 is 5.60 Å². The Kier molecular flexibility index (Phi) is 4.01. The number of fused-ring (bicyclic) bond motifs is 3. The van der Waals surface area contributed by atoms with E-state index in [1.807, 2.05) is 58.9 Å². The SMILES string of the molecule is Cc1cccc(C)c1-n1c(=O)c2c3cc(C)c4ccc5ccc6c(OC(C)(C)C)cc(c2c1=O)c1c6c5c4c31. The van der Waals surface area contributed by atoms with Gasteiger partial charge in [0.25, 0.3) is 11.1 Å². The van der Waals surface area contributed by atoms with Crippen LogP contribution >= 0.6 is 0 Å². The summed E-state index contributed by atoms with van der Waals surface area (Å²) in [4.78, 5) is 28.8. The van der Waals surface area contributed by atoms with Crippen molar-refractivity contribution in [3.8, 4) is 11.4 Å². The van der Waals surface area contributed by atoms with Gasteiger partial charge in [-0.15, -0.1) is 0 Å². The van der Waals surface area contributed by atoms with Crippen molar-refractivity contribution >= 4 is 64.6 Å². The zero-order valence-electron chi connectivity index (χ0n) is 22.9. The number of benzene rings is 6. The second-order valence-electron chi connectivity index (χ2n) is 12.1. The highest BCUT2D eigenvalue weighted by Crippen LogP contribution is 2.52. The Bertz CT molecular complexity index is 2390. The topological polar surface area (TPSA) is 48.3 Å². The molecule has 0 fully saturated rings. The van der Waals surface area contributed by atoms with Crippen LogP contribution in [0, 0.1) is 20.8 Å². The minimum absolute atomic E-state index is 0.255. The molecule has 0 spiro atoms. The van der Waals surface area contributed by atoms with Crippen LogP contribution in [0.25, 0.3) is 70.3 Å². The maximum absolute atomic E-state index is 14.4. The quantitative estimate of drug-likeness (QED) is 0.222. The van der Waals surface area contributed by atoms with Gasteiger partial charge in [0, 0.05) is 16.2 Å². The normalized spacial score (nSPS) is 13.1. The van der Waals surface area contributed by atoms with E-state index in [0.29, 0.717) is 16.5 Å². The van der Waals surface area contributed by atoms with Crippen molar-refractivity contribution < 1.29 is 4.74 Å². The van der Waals surface area contributed by atoms with Crippen LogP contribution in [-0.2, 0) is 0 Å². The molecule has 1 heterocycles. The van der Waals surface area contributed by atoms with Gasteiger partial charge >= 0.3 is 0 Å². The van der Waals surface area contributed by atoms with Crippen molar-refractivity contribution in [2.45, 2.75) is 47.1 Å². The number of nitrogens with zero attached hydrogens (tertiary/aromatic N) is 1. The fraction of sp³-hybridized carbons (Fsp3) is 0.200. The molecule has 4 heteroatoms. The van der Waals surface area contributed by atoms with Crippen LogP contribution in [-0.4, -0.2) is 10.2 Å². The van der Waals surface area contributed by atoms with E-state index in [1.165, 1.54) is 20.7 Å². The molecule has 0 aliphatic rings. The fourth-order valence-electron chi connectivity index (χ4n) is 7.11. The van der Waals surface area contributed by atoms with E-state index in [1.54, 1.807) is 0 Å². The maximum Gasteiger partial charge on any atom is 0.266 e. The van der Waals surface area contributed by atoms with E-state index in [2.05, 4.69) is 37.3 Å². The van der Waals surface area contributed by atoms with Crippen molar-refractivity contribution in [2.24, 2.45) is 0 Å². The Balaban J connectivity index is 1.73. The molecule has 39 heavy (non-hydrogen) atoms. The summed E-state index contributed by atoms with van der Waals surface area (Å²) >= 11 is 0. The van der Waals surface area contributed by atoms with Crippen LogP contribution in [0.3, 0.4) is 0 Å². The lowest BCUT2D eigenvalue weighted by Gasteiger charge is -2.23. The van der Waals surface area contributed by atoms with Crippen molar-refractivity contribution in [1.29, 1.82) is 0 Å². The summed E-state index contributed by atoms with van der Waals surface area (Å²) in [5, 5.41) is 11.6. The molecule has 190 valence electrons. The van der Waals surface area contributed by atoms with Crippen molar-refractivity contribution in [2.75, 3.05) is 0 Å². The molecule has 0 radical (unpaired) electrons. The average molecular weight is 510 g/mol. The molecule has 0 N–H and O–H groups in total. The summed E-state index contributed by atoms with van der Waals surface area (Å²) < 4.78 is 7.94. The largest absolute Gasteiger partial charge is 0.487 e. The monoisotopic (exact) mass is 509 g/mol. The zero-order chi connectivity index (χ0) is 27.1. The van der Waals surface area contributed by atoms with Gasteiger partial charge in [-0.25, -0.2) is 4.57 Å². The first-order valence-electron chi connectivity index (χ1n) is 13.5. The fourth-order valence-corrected chi connectivity index (χ4v) is 7.11. The molecule has 0 unspecified atom stereocenters. The van der Waals surface area contributed by atoms with Crippen molar-refractivity contribution in [3.05, 3.63) is 92.0 Å². The summed E-state index contributed by atoms with van der Waals surface area (Å²) in [6, 6.07) is 18.6. The summed E-state index contributed by atoms with van der Waals surface area (Å²) in [5.74, 6) is 0.737. The van der Waals surface area contributed by atoms with Gasteiger partial charge in [0.15, 0.2) is 0 Å². The Morgan fingerprint density at radius 1 is 0.590 bits per heavy atom. The van der Waals surface area contributed by atoms with E-state index >= 15 is 0 Å². The third kappa shape index (κ3) is 2.64.